The lowest BCUT2D eigenvalue weighted by Gasteiger charge is -1.96. The number of thiazole rings is 1. The molecule has 0 atom stereocenters. The molecule has 0 aliphatic heterocycles. The lowest BCUT2D eigenvalue weighted by Crippen LogP contribution is -2.07. The Labute approximate surface area is 140 Å². The van der Waals surface area contributed by atoms with Crippen molar-refractivity contribution >= 4 is 40.1 Å². The van der Waals surface area contributed by atoms with Crippen LogP contribution in [0.15, 0.2) is 30.3 Å². The van der Waals surface area contributed by atoms with Gasteiger partial charge in [-0.2, -0.15) is 0 Å². The van der Waals surface area contributed by atoms with Crippen molar-refractivity contribution in [2.75, 3.05) is 12.4 Å². The lowest BCUT2D eigenvalue weighted by molar-refractivity contribution is -0.384. The van der Waals surface area contributed by atoms with Crippen molar-refractivity contribution in [1.29, 1.82) is 0 Å². The fourth-order valence-corrected chi connectivity index (χ4v) is 2.68. The third-order valence-electron chi connectivity index (χ3n) is 2.91. The fraction of sp³-hybridized carbons (Fsp3) is 0.133. The monoisotopic (exact) mass is 347 g/mol. The van der Waals surface area contributed by atoms with Crippen LogP contribution in [0, 0.1) is 17.0 Å². The molecule has 124 valence electrons. The van der Waals surface area contributed by atoms with Crippen LogP contribution in [0.1, 0.15) is 20.9 Å². The summed E-state index contributed by atoms with van der Waals surface area (Å²) in [5, 5.41) is 13.5. The number of nitrogens with zero attached hydrogens (tertiary/aromatic N) is 2. The highest BCUT2D eigenvalue weighted by Crippen LogP contribution is 2.23. The molecule has 1 aromatic heterocycles. The summed E-state index contributed by atoms with van der Waals surface area (Å²) in [6.07, 6.45) is 2.68. The average molecular weight is 347 g/mol. The zero-order valence-corrected chi connectivity index (χ0v) is 13.6. The van der Waals surface area contributed by atoms with E-state index in [9.17, 15) is 19.7 Å². The number of hydrogen-bond donors (Lipinski definition) is 1. The molecule has 1 N–H and O–H groups in total. The molecule has 0 saturated carbocycles. The normalized spacial score (nSPS) is 10.6. The van der Waals surface area contributed by atoms with Gasteiger partial charge in [0, 0.05) is 18.2 Å². The van der Waals surface area contributed by atoms with E-state index in [-0.39, 0.29) is 10.8 Å². The van der Waals surface area contributed by atoms with Crippen LogP contribution in [-0.2, 0) is 9.53 Å². The Morgan fingerprint density at radius 1 is 1.42 bits per heavy atom. The minimum absolute atomic E-state index is 0.0594. The van der Waals surface area contributed by atoms with E-state index >= 15 is 0 Å². The van der Waals surface area contributed by atoms with Gasteiger partial charge in [-0.05, 0) is 18.6 Å². The number of ether oxygens (including phenoxy) is 1. The molecule has 8 nitrogen and oxygen atoms in total. The van der Waals surface area contributed by atoms with Crippen molar-refractivity contribution in [1.82, 2.24) is 4.98 Å². The number of aryl methyl sites for hydroxylation is 1. The van der Waals surface area contributed by atoms with Gasteiger partial charge in [0.15, 0.2) is 5.13 Å². The number of methoxy groups -OCH3 is 1. The molecule has 0 saturated heterocycles. The number of hydrogen-bond acceptors (Lipinski definition) is 7. The number of non-ortho nitro benzene ring substituents is 1. The quantitative estimate of drug-likeness (QED) is 0.385. The molecule has 0 unspecified atom stereocenters. The molecule has 1 heterocycles. The topological polar surface area (TPSA) is 111 Å². The molecule has 9 heteroatoms. The Morgan fingerprint density at radius 3 is 2.83 bits per heavy atom. The van der Waals surface area contributed by atoms with E-state index in [0.29, 0.717) is 16.1 Å². The molecule has 0 radical (unpaired) electrons. The molecular weight excluding hydrogens is 334 g/mol. The first kappa shape index (κ1) is 17.3. The number of nitro benzene ring substituents is 1. The third-order valence-corrected chi connectivity index (χ3v) is 3.96. The number of carbonyl (C=O) groups is 2. The first-order chi connectivity index (χ1) is 11.4. The molecular formula is C15H13N3O5S. The van der Waals surface area contributed by atoms with Crippen molar-refractivity contribution in [3.05, 3.63) is 56.6 Å². The second-order valence-electron chi connectivity index (χ2n) is 4.60. The van der Waals surface area contributed by atoms with Gasteiger partial charge in [-0.15, -0.1) is 0 Å². The zero-order valence-electron chi connectivity index (χ0n) is 12.8. The van der Waals surface area contributed by atoms with Crippen molar-refractivity contribution in [2.24, 2.45) is 0 Å². The number of rotatable bonds is 5. The molecule has 0 spiro atoms. The van der Waals surface area contributed by atoms with Crippen molar-refractivity contribution in [3.8, 4) is 0 Å². The summed E-state index contributed by atoms with van der Waals surface area (Å²) in [6, 6.07) is 5.89. The lowest BCUT2D eigenvalue weighted by atomic mass is 10.2. The Bertz CT molecular complexity index is 828. The van der Waals surface area contributed by atoms with Crippen molar-refractivity contribution < 1.29 is 19.2 Å². The molecule has 2 aromatic rings. The summed E-state index contributed by atoms with van der Waals surface area (Å²) in [5.41, 5.74) is 0.922. The average Bonchev–Trinajstić information content (AvgIpc) is 2.92. The van der Waals surface area contributed by atoms with Crippen LogP contribution in [0.25, 0.3) is 6.08 Å². The van der Waals surface area contributed by atoms with E-state index in [1.807, 2.05) is 0 Å². The summed E-state index contributed by atoms with van der Waals surface area (Å²) in [6.45, 7) is 1.64. The molecule has 2 rings (SSSR count). The molecule has 0 bridgehead atoms. The van der Waals surface area contributed by atoms with Gasteiger partial charge >= 0.3 is 5.97 Å². The molecule has 0 fully saturated rings. The predicted molar refractivity (Wildman–Crippen MR) is 89.0 cm³/mol. The summed E-state index contributed by atoms with van der Waals surface area (Å²) in [7, 11) is 1.27. The largest absolute Gasteiger partial charge is 0.465 e. The van der Waals surface area contributed by atoms with Gasteiger partial charge in [0.05, 0.1) is 17.7 Å². The molecule has 1 amide bonds. The van der Waals surface area contributed by atoms with E-state index in [0.717, 1.165) is 11.3 Å². The van der Waals surface area contributed by atoms with Crippen molar-refractivity contribution in [2.45, 2.75) is 6.92 Å². The number of anilines is 1. The molecule has 0 aliphatic carbocycles. The number of aromatic nitrogens is 1. The Balaban J connectivity index is 2.07. The van der Waals surface area contributed by atoms with Crippen LogP contribution in [-0.4, -0.2) is 28.9 Å². The molecule has 24 heavy (non-hydrogen) atoms. The first-order valence-electron chi connectivity index (χ1n) is 6.70. The summed E-state index contributed by atoms with van der Waals surface area (Å²) in [4.78, 5) is 38.0. The van der Waals surface area contributed by atoms with Gasteiger partial charge in [0.2, 0.25) is 5.91 Å². The van der Waals surface area contributed by atoms with Gasteiger partial charge in [-0.3, -0.25) is 20.2 Å². The Hall–Kier alpha value is -3.07. The predicted octanol–water partition coefficient (Wildman–Crippen LogP) is 2.80. The first-order valence-corrected chi connectivity index (χ1v) is 7.51. The molecule has 1 aromatic carbocycles. The Kier molecular flexibility index (Phi) is 5.38. The minimum atomic E-state index is -0.516. The van der Waals surface area contributed by atoms with Crippen LogP contribution in [0.3, 0.4) is 0 Å². The van der Waals surface area contributed by atoms with E-state index < -0.39 is 16.8 Å². The summed E-state index contributed by atoms with van der Waals surface area (Å²) < 4.78 is 4.62. The third kappa shape index (κ3) is 4.23. The van der Waals surface area contributed by atoms with Crippen LogP contribution in [0.2, 0.25) is 0 Å². The van der Waals surface area contributed by atoms with Gasteiger partial charge in [0.25, 0.3) is 5.69 Å². The van der Waals surface area contributed by atoms with Gasteiger partial charge < -0.3 is 4.74 Å². The van der Waals surface area contributed by atoms with E-state index in [1.54, 1.807) is 13.0 Å². The number of benzene rings is 1. The highest BCUT2D eigenvalue weighted by Gasteiger charge is 2.16. The van der Waals surface area contributed by atoms with Crippen LogP contribution in [0.4, 0.5) is 10.8 Å². The fourth-order valence-electron chi connectivity index (χ4n) is 1.79. The number of esters is 1. The number of nitrogens with one attached hydrogen (secondary N) is 1. The van der Waals surface area contributed by atoms with Crippen LogP contribution >= 0.6 is 11.3 Å². The smallest absolute Gasteiger partial charge is 0.350 e. The standard InChI is InChI=1S/C15H13N3O5S/c1-9-13(14(20)23-2)24-15(16-9)17-12(19)7-6-10-4-3-5-11(8-10)18(21)22/h3-8H,1-2H3,(H,16,17,19)/b7-6+. The highest BCUT2D eigenvalue weighted by molar-refractivity contribution is 7.17. The van der Waals surface area contributed by atoms with Crippen LogP contribution < -0.4 is 5.32 Å². The SMILES string of the molecule is COC(=O)c1sc(NC(=O)/C=C/c2cccc([N+](=O)[O-])c2)nc1C. The number of amides is 1. The number of nitro groups is 1. The van der Waals surface area contributed by atoms with E-state index in [2.05, 4.69) is 15.0 Å². The van der Waals surface area contributed by atoms with Crippen LogP contribution in [0.5, 0.6) is 0 Å². The van der Waals surface area contributed by atoms with E-state index in [4.69, 9.17) is 0 Å². The summed E-state index contributed by atoms with van der Waals surface area (Å²) in [5.74, 6) is -0.982. The maximum absolute atomic E-state index is 11.9. The maximum atomic E-state index is 11.9. The second-order valence-corrected chi connectivity index (χ2v) is 5.60. The summed E-state index contributed by atoms with van der Waals surface area (Å²) >= 11 is 1.01. The maximum Gasteiger partial charge on any atom is 0.350 e. The highest BCUT2D eigenvalue weighted by atomic mass is 32.1. The molecule has 0 aliphatic rings. The van der Waals surface area contributed by atoms with E-state index in [1.165, 1.54) is 37.5 Å². The second kappa shape index (κ2) is 7.47. The Morgan fingerprint density at radius 2 is 2.17 bits per heavy atom. The zero-order chi connectivity index (χ0) is 17.7. The number of carbonyl (C=O) groups excluding carboxylic acids is 2. The minimum Gasteiger partial charge on any atom is -0.465 e. The van der Waals surface area contributed by atoms with Gasteiger partial charge in [-0.25, -0.2) is 9.78 Å². The van der Waals surface area contributed by atoms with Gasteiger partial charge in [0.1, 0.15) is 4.88 Å². The van der Waals surface area contributed by atoms with Gasteiger partial charge in [-0.1, -0.05) is 23.5 Å². The van der Waals surface area contributed by atoms with Crippen molar-refractivity contribution in [3.63, 3.8) is 0 Å².